The molecule has 0 radical (unpaired) electrons. The summed E-state index contributed by atoms with van der Waals surface area (Å²) >= 11 is 0. The predicted molar refractivity (Wildman–Crippen MR) is 83.6 cm³/mol. The van der Waals surface area contributed by atoms with Gasteiger partial charge in [-0.2, -0.15) is 0 Å². The van der Waals surface area contributed by atoms with Crippen molar-refractivity contribution in [3.63, 3.8) is 0 Å². The molecule has 1 N–H and O–H groups in total. The van der Waals surface area contributed by atoms with Gasteiger partial charge in [0.25, 0.3) is 0 Å². The van der Waals surface area contributed by atoms with Crippen molar-refractivity contribution in [3.05, 3.63) is 59.6 Å². The Hall–Kier alpha value is -2.33. The maximum absolute atomic E-state index is 11.9. The van der Waals surface area contributed by atoms with E-state index >= 15 is 0 Å². The van der Waals surface area contributed by atoms with Gasteiger partial charge in [-0.1, -0.05) is 18.2 Å². The van der Waals surface area contributed by atoms with Crippen LogP contribution in [0.2, 0.25) is 0 Å². The van der Waals surface area contributed by atoms with E-state index < -0.39 is 0 Å². The third-order valence-corrected chi connectivity index (χ3v) is 3.18. The number of likely N-dealkylation sites (N-methyl/N-ethyl adjacent to an activating group) is 1. The van der Waals surface area contributed by atoms with E-state index in [1.165, 1.54) is 6.08 Å². The Morgan fingerprint density at radius 2 is 1.95 bits per heavy atom. The molecule has 0 aliphatic heterocycles. The van der Waals surface area contributed by atoms with Gasteiger partial charge >= 0.3 is 0 Å². The molecule has 110 valence electrons. The maximum Gasteiger partial charge on any atom is 0.221 e. The van der Waals surface area contributed by atoms with Crippen LogP contribution in [0.5, 0.6) is 0 Å². The zero-order chi connectivity index (χ0) is 15.2. The van der Waals surface area contributed by atoms with Crippen LogP contribution in [0.1, 0.15) is 21.9 Å². The number of anilines is 1. The van der Waals surface area contributed by atoms with Gasteiger partial charge in [0.15, 0.2) is 5.76 Å². The Morgan fingerprint density at radius 1 is 1.24 bits per heavy atom. The zero-order valence-electron chi connectivity index (χ0n) is 12.2. The van der Waals surface area contributed by atoms with Crippen molar-refractivity contribution in [2.24, 2.45) is 0 Å². The van der Waals surface area contributed by atoms with Crippen molar-refractivity contribution in [3.8, 4) is 0 Å². The second kappa shape index (κ2) is 6.90. The summed E-state index contributed by atoms with van der Waals surface area (Å²) in [5, 5.41) is 8.91. The minimum Gasteiger partial charge on any atom is -0.458 e. The first-order valence-corrected chi connectivity index (χ1v) is 6.81. The van der Waals surface area contributed by atoms with Crippen LogP contribution in [-0.2, 0) is 0 Å². The smallest absolute Gasteiger partial charge is 0.221 e. The van der Waals surface area contributed by atoms with E-state index in [1.807, 2.05) is 43.1 Å². The van der Waals surface area contributed by atoms with Crippen molar-refractivity contribution in [2.75, 3.05) is 25.1 Å². The molecule has 0 spiro atoms. The molecule has 1 aromatic heterocycles. The van der Waals surface area contributed by atoms with Crippen molar-refractivity contribution < 1.29 is 14.3 Å². The number of allylic oxidation sites excluding steroid dienone is 1. The SMILES string of the molecule is Cc1ccc(C(=O)/C=C/c2ccc(N(C)CCO)cc2)o1. The standard InChI is InChI=1S/C17H19NO3/c1-13-3-10-17(21-13)16(20)9-6-14-4-7-15(8-5-14)18(2)11-12-19/h3-10,19H,11-12H2,1-2H3/b9-6+. The fourth-order valence-electron chi connectivity index (χ4n) is 1.94. The second-order valence-corrected chi connectivity index (χ2v) is 4.84. The number of rotatable bonds is 6. The highest BCUT2D eigenvalue weighted by molar-refractivity contribution is 6.04. The molecule has 0 aliphatic carbocycles. The van der Waals surface area contributed by atoms with Crippen LogP contribution >= 0.6 is 0 Å². The molecule has 0 amide bonds. The number of aryl methyl sites for hydroxylation is 1. The number of aliphatic hydroxyl groups is 1. The number of carbonyl (C=O) groups is 1. The van der Waals surface area contributed by atoms with Gasteiger partial charge in [-0.15, -0.1) is 0 Å². The summed E-state index contributed by atoms with van der Waals surface area (Å²) in [5.41, 5.74) is 1.96. The fourth-order valence-corrected chi connectivity index (χ4v) is 1.94. The summed E-state index contributed by atoms with van der Waals surface area (Å²) in [6, 6.07) is 11.2. The molecular formula is C17H19NO3. The molecule has 1 aromatic carbocycles. The number of hydrogen-bond donors (Lipinski definition) is 1. The first-order valence-electron chi connectivity index (χ1n) is 6.81. The zero-order valence-corrected chi connectivity index (χ0v) is 12.2. The van der Waals surface area contributed by atoms with Gasteiger partial charge in [0, 0.05) is 19.3 Å². The van der Waals surface area contributed by atoms with Gasteiger partial charge in [0.2, 0.25) is 5.78 Å². The summed E-state index contributed by atoms with van der Waals surface area (Å²) in [5.74, 6) is 0.927. The average Bonchev–Trinajstić information content (AvgIpc) is 2.92. The molecule has 2 aromatic rings. The number of carbonyl (C=O) groups excluding carboxylic acids is 1. The number of nitrogens with zero attached hydrogens (tertiary/aromatic N) is 1. The maximum atomic E-state index is 11.9. The number of furan rings is 1. The van der Waals surface area contributed by atoms with Crippen molar-refractivity contribution in [1.29, 1.82) is 0 Å². The fraction of sp³-hybridized carbons (Fsp3) is 0.235. The molecule has 0 unspecified atom stereocenters. The van der Waals surface area contributed by atoms with Crippen LogP contribution in [-0.4, -0.2) is 31.1 Å². The topological polar surface area (TPSA) is 53.7 Å². The summed E-state index contributed by atoms with van der Waals surface area (Å²) in [4.78, 5) is 13.8. The van der Waals surface area contributed by atoms with E-state index in [0.717, 1.165) is 17.0 Å². The predicted octanol–water partition coefficient (Wildman–Crippen LogP) is 2.91. The number of aliphatic hydroxyl groups excluding tert-OH is 1. The first-order chi connectivity index (χ1) is 10.1. The van der Waals surface area contributed by atoms with E-state index in [4.69, 9.17) is 9.52 Å². The lowest BCUT2D eigenvalue weighted by atomic mass is 10.1. The average molecular weight is 285 g/mol. The quantitative estimate of drug-likeness (QED) is 0.655. The van der Waals surface area contributed by atoms with Crippen LogP contribution in [0.4, 0.5) is 5.69 Å². The lowest BCUT2D eigenvalue weighted by Crippen LogP contribution is -2.20. The van der Waals surface area contributed by atoms with Crippen molar-refractivity contribution in [2.45, 2.75) is 6.92 Å². The van der Waals surface area contributed by atoms with Gasteiger partial charge in [-0.05, 0) is 42.8 Å². The number of ketones is 1. The number of hydrogen-bond acceptors (Lipinski definition) is 4. The summed E-state index contributed by atoms with van der Waals surface area (Å²) in [6.07, 6.45) is 3.26. The first kappa shape index (κ1) is 15.1. The molecule has 0 fully saturated rings. The molecule has 0 bridgehead atoms. The Kier molecular flexibility index (Phi) is 4.95. The summed E-state index contributed by atoms with van der Waals surface area (Å²) < 4.78 is 5.28. The van der Waals surface area contributed by atoms with E-state index in [-0.39, 0.29) is 12.4 Å². The Morgan fingerprint density at radius 3 is 2.52 bits per heavy atom. The molecule has 0 saturated heterocycles. The van der Waals surface area contributed by atoms with E-state index in [0.29, 0.717) is 12.3 Å². The molecule has 4 nitrogen and oxygen atoms in total. The van der Waals surface area contributed by atoms with E-state index in [1.54, 1.807) is 18.2 Å². The molecular weight excluding hydrogens is 266 g/mol. The lowest BCUT2D eigenvalue weighted by molar-refractivity contribution is 0.102. The molecule has 4 heteroatoms. The number of benzene rings is 1. The third kappa shape index (κ3) is 4.07. The summed E-state index contributed by atoms with van der Waals surface area (Å²) in [6.45, 7) is 2.52. The van der Waals surface area contributed by atoms with Crippen LogP contribution in [0.3, 0.4) is 0 Å². The van der Waals surface area contributed by atoms with Gasteiger partial charge in [0.05, 0.1) is 6.61 Å². The van der Waals surface area contributed by atoms with E-state index in [9.17, 15) is 4.79 Å². The highest BCUT2D eigenvalue weighted by Gasteiger charge is 2.06. The second-order valence-electron chi connectivity index (χ2n) is 4.84. The highest BCUT2D eigenvalue weighted by Crippen LogP contribution is 2.15. The summed E-state index contributed by atoms with van der Waals surface area (Å²) in [7, 11) is 1.92. The molecule has 0 aliphatic rings. The largest absolute Gasteiger partial charge is 0.458 e. The Balaban J connectivity index is 2.03. The third-order valence-electron chi connectivity index (χ3n) is 3.18. The highest BCUT2D eigenvalue weighted by atomic mass is 16.3. The molecule has 21 heavy (non-hydrogen) atoms. The van der Waals surface area contributed by atoms with Crippen LogP contribution in [0.15, 0.2) is 46.9 Å². The Bertz CT molecular complexity index is 626. The van der Waals surface area contributed by atoms with E-state index in [2.05, 4.69) is 0 Å². The van der Waals surface area contributed by atoms with Crippen LogP contribution in [0.25, 0.3) is 6.08 Å². The molecule has 0 saturated carbocycles. The van der Waals surface area contributed by atoms with Gasteiger partial charge < -0.3 is 14.4 Å². The lowest BCUT2D eigenvalue weighted by Gasteiger charge is -2.17. The monoisotopic (exact) mass is 285 g/mol. The molecule has 1 heterocycles. The Labute approximate surface area is 124 Å². The van der Waals surface area contributed by atoms with Crippen LogP contribution in [0, 0.1) is 6.92 Å². The van der Waals surface area contributed by atoms with Gasteiger partial charge in [-0.3, -0.25) is 4.79 Å². The van der Waals surface area contributed by atoms with Gasteiger partial charge in [-0.25, -0.2) is 0 Å². The van der Waals surface area contributed by atoms with Crippen molar-refractivity contribution in [1.82, 2.24) is 0 Å². The van der Waals surface area contributed by atoms with Crippen LogP contribution < -0.4 is 4.90 Å². The minimum absolute atomic E-state index is 0.120. The minimum atomic E-state index is -0.149. The van der Waals surface area contributed by atoms with Crippen molar-refractivity contribution >= 4 is 17.5 Å². The van der Waals surface area contributed by atoms with Gasteiger partial charge in [0.1, 0.15) is 5.76 Å². The normalized spacial score (nSPS) is 11.0. The molecule has 0 atom stereocenters. The molecule has 2 rings (SSSR count).